The van der Waals surface area contributed by atoms with Crippen LogP contribution >= 0.6 is 0 Å². The zero-order valence-electron chi connectivity index (χ0n) is 18.3. The van der Waals surface area contributed by atoms with Gasteiger partial charge in [0.15, 0.2) is 11.5 Å². The molecule has 3 aromatic rings. The van der Waals surface area contributed by atoms with Gasteiger partial charge in [0.2, 0.25) is 0 Å². The van der Waals surface area contributed by atoms with E-state index in [-0.39, 0.29) is 11.8 Å². The number of para-hydroxylation sites is 2. The fourth-order valence-corrected chi connectivity index (χ4v) is 3.26. The van der Waals surface area contributed by atoms with Crippen molar-refractivity contribution in [3.8, 4) is 17.2 Å². The molecule has 0 saturated carbocycles. The first-order valence-corrected chi connectivity index (χ1v) is 10.1. The summed E-state index contributed by atoms with van der Waals surface area (Å²) in [6.07, 6.45) is 0.613. The Morgan fingerprint density at radius 1 is 0.719 bits per heavy atom. The number of methoxy groups -OCH3 is 3. The Hall–Kier alpha value is -4.00. The lowest BCUT2D eigenvalue weighted by Gasteiger charge is -2.13. The van der Waals surface area contributed by atoms with E-state index in [1.807, 2.05) is 18.2 Å². The summed E-state index contributed by atoms with van der Waals surface area (Å²) in [5, 5.41) is 5.71. The van der Waals surface area contributed by atoms with Gasteiger partial charge < -0.3 is 24.8 Å². The van der Waals surface area contributed by atoms with E-state index < -0.39 is 0 Å². The third-order valence-corrected chi connectivity index (χ3v) is 4.92. The first-order valence-electron chi connectivity index (χ1n) is 10.1. The minimum Gasteiger partial charge on any atom is -0.496 e. The van der Waals surface area contributed by atoms with Crippen molar-refractivity contribution in [2.75, 3.05) is 33.2 Å². The summed E-state index contributed by atoms with van der Waals surface area (Å²) < 4.78 is 15.8. The molecule has 3 rings (SSSR count). The molecule has 0 aliphatic heterocycles. The number of carbonyl (C=O) groups is 2. The molecule has 2 N–H and O–H groups in total. The zero-order chi connectivity index (χ0) is 22.9. The zero-order valence-corrected chi connectivity index (χ0v) is 18.3. The van der Waals surface area contributed by atoms with Crippen LogP contribution in [0.15, 0.2) is 66.7 Å². The van der Waals surface area contributed by atoms with E-state index in [2.05, 4.69) is 10.6 Å². The fourth-order valence-electron chi connectivity index (χ4n) is 3.26. The predicted molar refractivity (Wildman–Crippen MR) is 123 cm³/mol. The number of hydrogen-bond acceptors (Lipinski definition) is 5. The molecule has 0 radical (unpaired) electrons. The van der Waals surface area contributed by atoms with Crippen LogP contribution in [0, 0.1) is 0 Å². The average Bonchev–Trinajstić information content (AvgIpc) is 2.84. The monoisotopic (exact) mass is 434 g/mol. The van der Waals surface area contributed by atoms with Crippen LogP contribution in [0.5, 0.6) is 17.2 Å². The SMILES string of the molecule is COc1ccc(CCNC(=O)c2ccccc2NC(=O)c2ccccc2OC)cc1OC. The fraction of sp³-hybridized carbons (Fsp3) is 0.200. The van der Waals surface area contributed by atoms with Gasteiger partial charge in [0.05, 0.1) is 38.1 Å². The molecule has 0 aromatic heterocycles. The molecule has 0 atom stereocenters. The lowest BCUT2D eigenvalue weighted by molar-refractivity contribution is 0.0955. The van der Waals surface area contributed by atoms with Crippen molar-refractivity contribution < 1.29 is 23.8 Å². The van der Waals surface area contributed by atoms with E-state index in [0.29, 0.717) is 47.0 Å². The Bertz CT molecular complexity index is 1100. The number of ether oxygens (including phenoxy) is 3. The van der Waals surface area contributed by atoms with E-state index in [1.54, 1.807) is 62.8 Å². The highest BCUT2D eigenvalue weighted by Crippen LogP contribution is 2.27. The van der Waals surface area contributed by atoms with E-state index in [1.165, 1.54) is 7.11 Å². The van der Waals surface area contributed by atoms with Gasteiger partial charge in [-0.05, 0) is 48.4 Å². The predicted octanol–water partition coefficient (Wildman–Crippen LogP) is 3.94. The van der Waals surface area contributed by atoms with Crippen LogP contribution in [0.4, 0.5) is 5.69 Å². The van der Waals surface area contributed by atoms with Crippen molar-refractivity contribution in [2.24, 2.45) is 0 Å². The molecule has 3 aromatic carbocycles. The lowest BCUT2D eigenvalue weighted by Crippen LogP contribution is -2.27. The van der Waals surface area contributed by atoms with Gasteiger partial charge in [0.1, 0.15) is 5.75 Å². The van der Waals surface area contributed by atoms with Gasteiger partial charge in [-0.15, -0.1) is 0 Å². The topological polar surface area (TPSA) is 85.9 Å². The summed E-state index contributed by atoms with van der Waals surface area (Å²) in [5.41, 5.74) is 2.19. The normalized spacial score (nSPS) is 10.2. The van der Waals surface area contributed by atoms with Crippen molar-refractivity contribution in [1.29, 1.82) is 0 Å². The minimum absolute atomic E-state index is 0.276. The van der Waals surface area contributed by atoms with Crippen molar-refractivity contribution in [1.82, 2.24) is 5.32 Å². The molecule has 7 heteroatoms. The van der Waals surface area contributed by atoms with Gasteiger partial charge in [0.25, 0.3) is 11.8 Å². The molecule has 0 aliphatic rings. The first-order chi connectivity index (χ1) is 15.6. The number of anilines is 1. The Morgan fingerprint density at radius 2 is 1.38 bits per heavy atom. The van der Waals surface area contributed by atoms with Crippen molar-refractivity contribution in [2.45, 2.75) is 6.42 Å². The van der Waals surface area contributed by atoms with Crippen LogP contribution in [-0.4, -0.2) is 39.7 Å². The first kappa shape index (κ1) is 22.7. The Balaban J connectivity index is 1.66. The molecule has 0 spiro atoms. The molecule has 166 valence electrons. The highest BCUT2D eigenvalue weighted by Gasteiger charge is 2.16. The van der Waals surface area contributed by atoms with Crippen molar-refractivity contribution >= 4 is 17.5 Å². The maximum atomic E-state index is 12.8. The summed E-state index contributed by atoms with van der Waals surface area (Å²) in [6, 6.07) is 19.4. The Morgan fingerprint density at radius 3 is 2.09 bits per heavy atom. The second-order valence-corrected chi connectivity index (χ2v) is 6.90. The molecule has 0 aliphatic carbocycles. The number of hydrogen-bond donors (Lipinski definition) is 2. The van der Waals surface area contributed by atoms with Gasteiger partial charge >= 0.3 is 0 Å². The highest BCUT2D eigenvalue weighted by molar-refractivity contribution is 6.10. The van der Waals surface area contributed by atoms with Crippen LogP contribution in [0.3, 0.4) is 0 Å². The third kappa shape index (κ3) is 5.37. The highest BCUT2D eigenvalue weighted by atomic mass is 16.5. The van der Waals surface area contributed by atoms with Gasteiger partial charge in [-0.3, -0.25) is 9.59 Å². The molecule has 0 unspecified atom stereocenters. The summed E-state index contributed by atoms with van der Waals surface area (Å²) in [7, 11) is 4.67. The van der Waals surface area contributed by atoms with Gasteiger partial charge in [0, 0.05) is 6.54 Å². The van der Waals surface area contributed by atoms with E-state index in [4.69, 9.17) is 14.2 Å². The molecule has 0 fully saturated rings. The van der Waals surface area contributed by atoms with Gasteiger partial charge in [-0.2, -0.15) is 0 Å². The minimum atomic E-state index is -0.354. The summed E-state index contributed by atoms with van der Waals surface area (Å²) >= 11 is 0. The quantitative estimate of drug-likeness (QED) is 0.533. The van der Waals surface area contributed by atoms with Crippen LogP contribution in [0.25, 0.3) is 0 Å². The van der Waals surface area contributed by atoms with E-state index >= 15 is 0 Å². The maximum Gasteiger partial charge on any atom is 0.259 e. The average molecular weight is 434 g/mol. The Labute approximate surface area is 187 Å². The molecule has 2 amide bonds. The number of rotatable bonds is 9. The molecule has 0 saturated heterocycles. The van der Waals surface area contributed by atoms with Crippen molar-refractivity contribution in [3.05, 3.63) is 83.4 Å². The largest absolute Gasteiger partial charge is 0.496 e. The lowest BCUT2D eigenvalue weighted by atomic mass is 10.1. The summed E-state index contributed by atoms with van der Waals surface area (Å²) in [4.78, 5) is 25.5. The second-order valence-electron chi connectivity index (χ2n) is 6.90. The number of amides is 2. The molecule has 0 heterocycles. The molecule has 0 bridgehead atoms. The number of nitrogens with one attached hydrogen (secondary N) is 2. The number of benzene rings is 3. The molecule has 32 heavy (non-hydrogen) atoms. The Kier molecular flexibility index (Phi) is 7.70. The molecular weight excluding hydrogens is 408 g/mol. The van der Waals surface area contributed by atoms with E-state index in [9.17, 15) is 9.59 Å². The standard InChI is InChI=1S/C25H26N2O5/c1-30-21-11-7-5-9-19(21)25(29)27-20-10-6-4-8-18(20)24(28)26-15-14-17-12-13-22(31-2)23(16-17)32-3/h4-13,16H,14-15H2,1-3H3,(H,26,28)(H,27,29). The third-order valence-electron chi connectivity index (χ3n) is 4.92. The molecule has 7 nitrogen and oxygen atoms in total. The smallest absolute Gasteiger partial charge is 0.259 e. The summed E-state index contributed by atoms with van der Waals surface area (Å²) in [6.45, 7) is 0.420. The van der Waals surface area contributed by atoms with Gasteiger partial charge in [-0.1, -0.05) is 30.3 Å². The van der Waals surface area contributed by atoms with Crippen molar-refractivity contribution in [3.63, 3.8) is 0 Å². The van der Waals surface area contributed by atoms with Crippen LogP contribution in [0.2, 0.25) is 0 Å². The number of carbonyl (C=O) groups excluding carboxylic acids is 2. The van der Waals surface area contributed by atoms with Crippen LogP contribution in [-0.2, 0) is 6.42 Å². The van der Waals surface area contributed by atoms with E-state index in [0.717, 1.165) is 5.56 Å². The van der Waals surface area contributed by atoms with Crippen LogP contribution in [0.1, 0.15) is 26.3 Å². The maximum absolute atomic E-state index is 12.8. The molecular formula is C25H26N2O5. The van der Waals surface area contributed by atoms with Gasteiger partial charge in [-0.25, -0.2) is 0 Å². The summed E-state index contributed by atoms with van der Waals surface area (Å²) in [5.74, 6) is 1.12. The van der Waals surface area contributed by atoms with Crippen LogP contribution < -0.4 is 24.8 Å². The second kappa shape index (κ2) is 10.9.